The summed E-state index contributed by atoms with van der Waals surface area (Å²) in [6.45, 7) is 1.76. The van der Waals surface area contributed by atoms with E-state index in [1.807, 2.05) is 48.5 Å². The zero-order valence-corrected chi connectivity index (χ0v) is 17.3. The first kappa shape index (κ1) is 20.6. The highest BCUT2D eigenvalue weighted by Gasteiger charge is 2.20. The van der Waals surface area contributed by atoms with Gasteiger partial charge in [0.05, 0.1) is 26.5 Å². The number of nitrogens with zero attached hydrogens (tertiary/aromatic N) is 1. The number of rotatable bonds is 7. The van der Waals surface area contributed by atoms with Crippen molar-refractivity contribution in [3.63, 3.8) is 0 Å². The first-order valence-electron chi connectivity index (χ1n) is 9.03. The summed E-state index contributed by atoms with van der Waals surface area (Å²) in [4.78, 5) is 14.2. The number of carbonyl (C=O) groups excluding carboxylic acids is 1. The number of benzene rings is 3. The van der Waals surface area contributed by atoms with Crippen molar-refractivity contribution in [1.29, 1.82) is 0 Å². The Morgan fingerprint density at radius 1 is 0.897 bits per heavy atom. The van der Waals surface area contributed by atoms with Crippen molar-refractivity contribution < 1.29 is 19.0 Å². The zero-order chi connectivity index (χ0) is 20.8. The SMILES string of the molecule is COc1ccc(OC)c(CN(C(C)=O)c2cc(Cl)ccc2Oc2ccccc2)c1. The van der Waals surface area contributed by atoms with Crippen molar-refractivity contribution in [2.24, 2.45) is 0 Å². The second-order valence-corrected chi connectivity index (χ2v) is 6.75. The van der Waals surface area contributed by atoms with Crippen LogP contribution in [0.25, 0.3) is 0 Å². The molecule has 0 unspecified atom stereocenters. The van der Waals surface area contributed by atoms with Gasteiger partial charge in [-0.2, -0.15) is 0 Å². The molecule has 0 saturated carbocycles. The molecule has 0 aromatic heterocycles. The number of methoxy groups -OCH3 is 2. The summed E-state index contributed by atoms with van der Waals surface area (Å²) in [6.07, 6.45) is 0. The zero-order valence-electron chi connectivity index (χ0n) is 16.5. The molecule has 0 heterocycles. The van der Waals surface area contributed by atoms with Gasteiger partial charge in [-0.3, -0.25) is 4.79 Å². The monoisotopic (exact) mass is 411 g/mol. The third-order valence-electron chi connectivity index (χ3n) is 4.38. The summed E-state index contributed by atoms with van der Waals surface area (Å²) in [5, 5.41) is 0.504. The first-order chi connectivity index (χ1) is 14.0. The van der Waals surface area contributed by atoms with Crippen LogP contribution in [0.1, 0.15) is 12.5 Å². The van der Waals surface area contributed by atoms with Gasteiger partial charge in [0.25, 0.3) is 0 Å². The van der Waals surface area contributed by atoms with Crippen molar-refractivity contribution in [2.45, 2.75) is 13.5 Å². The van der Waals surface area contributed by atoms with E-state index in [2.05, 4.69) is 0 Å². The second-order valence-electron chi connectivity index (χ2n) is 6.31. The molecule has 0 bridgehead atoms. The highest BCUT2D eigenvalue weighted by molar-refractivity contribution is 6.31. The largest absolute Gasteiger partial charge is 0.497 e. The van der Waals surface area contributed by atoms with Crippen molar-refractivity contribution in [1.82, 2.24) is 0 Å². The Morgan fingerprint density at radius 2 is 1.62 bits per heavy atom. The van der Waals surface area contributed by atoms with Gasteiger partial charge < -0.3 is 19.1 Å². The highest BCUT2D eigenvalue weighted by atomic mass is 35.5. The number of anilines is 1. The lowest BCUT2D eigenvalue weighted by Gasteiger charge is -2.25. The fraction of sp³-hybridized carbons (Fsp3) is 0.174. The minimum absolute atomic E-state index is 0.157. The predicted octanol–water partition coefficient (Wildman–Crippen LogP) is 5.70. The third kappa shape index (κ3) is 5.00. The molecule has 3 aromatic carbocycles. The molecule has 6 heteroatoms. The van der Waals surface area contributed by atoms with Crippen molar-refractivity contribution in [2.75, 3.05) is 19.1 Å². The van der Waals surface area contributed by atoms with Crippen LogP contribution >= 0.6 is 11.6 Å². The van der Waals surface area contributed by atoms with Crippen LogP contribution in [0.5, 0.6) is 23.0 Å². The van der Waals surface area contributed by atoms with Crippen LogP contribution < -0.4 is 19.1 Å². The second kappa shape index (κ2) is 9.34. The molecule has 0 radical (unpaired) electrons. The molecule has 0 aliphatic carbocycles. The molecule has 29 heavy (non-hydrogen) atoms. The maximum Gasteiger partial charge on any atom is 0.224 e. The average molecular weight is 412 g/mol. The molecule has 1 amide bonds. The van der Waals surface area contributed by atoms with Gasteiger partial charge in [0.2, 0.25) is 5.91 Å². The summed E-state index contributed by atoms with van der Waals surface area (Å²) in [7, 11) is 3.18. The molecule has 0 fully saturated rings. The fourth-order valence-electron chi connectivity index (χ4n) is 2.95. The van der Waals surface area contributed by atoms with Crippen LogP contribution in [0.4, 0.5) is 5.69 Å². The van der Waals surface area contributed by atoms with E-state index in [1.165, 1.54) is 6.92 Å². The molecule has 3 aromatic rings. The van der Waals surface area contributed by atoms with E-state index in [-0.39, 0.29) is 12.5 Å². The van der Waals surface area contributed by atoms with Crippen LogP contribution in [0.3, 0.4) is 0 Å². The first-order valence-corrected chi connectivity index (χ1v) is 9.41. The minimum atomic E-state index is -0.157. The lowest BCUT2D eigenvalue weighted by atomic mass is 10.1. The normalized spacial score (nSPS) is 10.3. The average Bonchev–Trinajstić information content (AvgIpc) is 2.73. The maximum atomic E-state index is 12.6. The van der Waals surface area contributed by atoms with Crippen molar-refractivity contribution in [3.8, 4) is 23.0 Å². The molecule has 5 nitrogen and oxygen atoms in total. The number of hydrogen-bond donors (Lipinski definition) is 0. The molecule has 0 saturated heterocycles. The fourth-order valence-corrected chi connectivity index (χ4v) is 3.11. The van der Waals surface area contributed by atoms with Crippen LogP contribution in [-0.2, 0) is 11.3 Å². The molecule has 3 rings (SSSR count). The maximum absolute atomic E-state index is 12.6. The lowest BCUT2D eigenvalue weighted by molar-refractivity contribution is -0.116. The van der Waals surface area contributed by atoms with Gasteiger partial charge in [0.1, 0.15) is 17.2 Å². The summed E-state index contributed by atoms with van der Waals surface area (Å²) < 4.78 is 16.8. The van der Waals surface area contributed by atoms with Gasteiger partial charge in [-0.15, -0.1) is 0 Å². The Labute approximate surface area is 175 Å². The summed E-state index contributed by atoms with van der Waals surface area (Å²) in [5.41, 5.74) is 1.37. The Morgan fingerprint density at radius 3 is 2.28 bits per heavy atom. The topological polar surface area (TPSA) is 48.0 Å². The van der Waals surface area contributed by atoms with E-state index in [4.69, 9.17) is 25.8 Å². The van der Waals surface area contributed by atoms with Gasteiger partial charge in [-0.25, -0.2) is 0 Å². The molecule has 0 aliphatic rings. The number of hydrogen-bond acceptors (Lipinski definition) is 4. The summed E-state index contributed by atoms with van der Waals surface area (Å²) in [6, 6.07) is 20.0. The van der Waals surface area contributed by atoms with Crippen LogP contribution in [0.2, 0.25) is 5.02 Å². The lowest BCUT2D eigenvalue weighted by Crippen LogP contribution is -2.28. The number of carbonyl (C=O) groups is 1. The predicted molar refractivity (Wildman–Crippen MR) is 114 cm³/mol. The van der Waals surface area contributed by atoms with E-state index in [0.717, 1.165) is 5.56 Å². The Hall–Kier alpha value is -3.18. The summed E-state index contributed by atoms with van der Waals surface area (Å²) >= 11 is 6.24. The van der Waals surface area contributed by atoms with E-state index in [1.54, 1.807) is 37.3 Å². The third-order valence-corrected chi connectivity index (χ3v) is 4.61. The van der Waals surface area contributed by atoms with Gasteiger partial charge in [0, 0.05) is 17.5 Å². The van der Waals surface area contributed by atoms with Crippen molar-refractivity contribution in [3.05, 3.63) is 77.3 Å². The van der Waals surface area contributed by atoms with Crippen molar-refractivity contribution >= 4 is 23.2 Å². The quantitative estimate of drug-likeness (QED) is 0.500. The number of halogens is 1. The van der Waals surface area contributed by atoms with Gasteiger partial charge >= 0.3 is 0 Å². The Bertz CT molecular complexity index is 991. The molecule has 0 N–H and O–H groups in total. The number of ether oxygens (including phenoxy) is 3. The van der Waals surface area contributed by atoms with E-state index < -0.39 is 0 Å². The van der Waals surface area contributed by atoms with E-state index in [9.17, 15) is 4.79 Å². The van der Waals surface area contributed by atoms with Crippen LogP contribution in [0.15, 0.2) is 66.7 Å². The smallest absolute Gasteiger partial charge is 0.224 e. The van der Waals surface area contributed by atoms with Gasteiger partial charge in [-0.05, 0) is 48.5 Å². The molecular formula is C23H22ClNO4. The standard InChI is InChI=1S/C23H22ClNO4/c1-16(26)25(15-17-13-20(27-2)10-12-22(17)28-3)21-14-18(24)9-11-23(21)29-19-7-5-4-6-8-19/h4-14H,15H2,1-3H3. The Balaban J connectivity index is 2.02. The number of para-hydroxylation sites is 1. The molecule has 0 aliphatic heterocycles. The Kier molecular flexibility index (Phi) is 6.62. The molecule has 0 spiro atoms. The number of amides is 1. The minimum Gasteiger partial charge on any atom is -0.497 e. The molecule has 150 valence electrons. The highest BCUT2D eigenvalue weighted by Crippen LogP contribution is 2.37. The van der Waals surface area contributed by atoms with Gasteiger partial charge in [-0.1, -0.05) is 29.8 Å². The molecular weight excluding hydrogens is 390 g/mol. The molecule has 0 atom stereocenters. The van der Waals surface area contributed by atoms with Crippen LogP contribution in [-0.4, -0.2) is 20.1 Å². The van der Waals surface area contributed by atoms with Crippen LogP contribution in [0, 0.1) is 0 Å². The summed E-state index contributed by atoms with van der Waals surface area (Å²) in [5.74, 6) is 2.37. The van der Waals surface area contributed by atoms with Gasteiger partial charge in [0.15, 0.2) is 5.75 Å². The van der Waals surface area contributed by atoms with E-state index in [0.29, 0.717) is 33.7 Å². The van der Waals surface area contributed by atoms with E-state index >= 15 is 0 Å².